The highest BCUT2D eigenvalue weighted by atomic mass is 35.5. The van der Waals surface area contributed by atoms with Crippen molar-refractivity contribution in [3.05, 3.63) is 91.4 Å². The first kappa shape index (κ1) is 30.2. The molecule has 2 atom stereocenters. The van der Waals surface area contributed by atoms with Crippen LogP contribution < -0.4 is 15.9 Å². The smallest absolute Gasteiger partial charge is 0.250 e. The van der Waals surface area contributed by atoms with Gasteiger partial charge in [-0.25, -0.2) is 0 Å². The number of pyridine rings is 1. The summed E-state index contributed by atoms with van der Waals surface area (Å²) < 4.78 is 8.07. The van der Waals surface area contributed by atoms with E-state index in [1.54, 1.807) is 6.07 Å². The highest BCUT2D eigenvalue weighted by molar-refractivity contribution is 5.85. The minimum Gasteiger partial charge on any atom is -0.502 e. The number of aromatic hydroxyl groups is 1. The molecule has 0 amide bonds. The quantitative estimate of drug-likeness (QED) is 0.484. The summed E-state index contributed by atoms with van der Waals surface area (Å²) in [6.07, 6.45) is 1.08. The molecule has 3 aliphatic rings. The molecule has 0 aliphatic carbocycles. The zero-order valence-corrected chi connectivity index (χ0v) is 24.7. The lowest BCUT2D eigenvalue weighted by Crippen LogP contribution is -2.46. The van der Waals surface area contributed by atoms with Crippen molar-refractivity contribution in [3.8, 4) is 5.75 Å². The van der Waals surface area contributed by atoms with Crippen LogP contribution in [-0.2, 0) is 19.6 Å². The van der Waals surface area contributed by atoms with Crippen molar-refractivity contribution in [1.82, 2.24) is 14.4 Å². The van der Waals surface area contributed by atoms with Gasteiger partial charge in [-0.05, 0) is 43.9 Å². The Kier molecular flexibility index (Phi) is 9.35. The van der Waals surface area contributed by atoms with E-state index < -0.39 is 0 Å². The fraction of sp³-hybridized carbons (Fsp3) is 0.467. The molecule has 10 heteroatoms. The Labute approximate surface area is 247 Å². The van der Waals surface area contributed by atoms with Crippen molar-refractivity contribution >= 4 is 30.5 Å². The Morgan fingerprint density at radius 2 is 1.68 bits per heavy atom. The van der Waals surface area contributed by atoms with Crippen LogP contribution in [0.2, 0.25) is 0 Å². The van der Waals surface area contributed by atoms with E-state index in [1.807, 2.05) is 10.6 Å². The second kappa shape index (κ2) is 12.4. The van der Waals surface area contributed by atoms with Crippen molar-refractivity contribution in [3.63, 3.8) is 0 Å². The van der Waals surface area contributed by atoms with Gasteiger partial charge in [-0.3, -0.25) is 19.4 Å². The average Bonchev–Trinajstić information content (AvgIpc) is 2.88. The number of aryl methyl sites for hydroxylation is 2. The fourth-order valence-electron chi connectivity index (χ4n) is 6.63. The van der Waals surface area contributed by atoms with Gasteiger partial charge in [0.2, 0.25) is 11.2 Å². The Bertz CT molecular complexity index is 1460. The summed E-state index contributed by atoms with van der Waals surface area (Å²) >= 11 is 0. The topological polar surface area (TPSA) is 82.2 Å². The molecule has 6 rings (SSSR count). The molecule has 2 saturated heterocycles. The van der Waals surface area contributed by atoms with E-state index in [1.165, 1.54) is 22.9 Å². The number of likely N-dealkylation sites (tertiary alicyclic amines) is 1. The number of nitrogens with zero attached hydrogens (tertiary/aromatic N) is 4. The van der Waals surface area contributed by atoms with E-state index in [0.717, 1.165) is 57.9 Å². The molecule has 40 heavy (non-hydrogen) atoms. The predicted octanol–water partition coefficient (Wildman–Crippen LogP) is 3.91. The molecule has 3 aromatic rings. The molecule has 5 heterocycles. The summed E-state index contributed by atoms with van der Waals surface area (Å²) in [7, 11) is 0. The zero-order valence-electron chi connectivity index (χ0n) is 23.0. The zero-order chi connectivity index (χ0) is 26.4. The molecule has 2 fully saturated rings. The molecule has 3 aliphatic heterocycles. The van der Waals surface area contributed by atoms with Crippen molar-refractivity contribution < 1.29 is 9.52 Å². The number of fused-ring (bicyclic) bond motifs is 4. The van der Waals surface area contributed by atoms with E-state index in [4.69, 9.17) is 4.42 Å². The van der Waals surface area contributed by atoms with Crippen molar-refractivity contribution in [2.75, 3.05) is 44.2 Å². The first-order chi connectivity index (χ1) is 18.3. The fourth-order valence-corrected chi connectivity index (χ4v) is 6.63. The maximum atomic E-state index is 12.6. The van der Waals surface area contributed by atoms with Gasteiger partial charge in [0.1, 0.15) is 5.76 Å². The lowest BCUT2D eigenvalue weighted by molar-refractivity contribution is 0.105. The van der Waals surface area contributed by atoms with Gasteiger partial charge in [0.25, 0.3) is 5.56 Å². The van der Waals surface area contributed by atoms with Gasteiger partial charge in [0.15, 0.2) is 5.76 Å². The maximum absolute atomic E-state index is 12.6. The first-order valence-corrected chi connectivity index (χ1v) is 13.7. The molecule has 216 valence electrons. The van der Waals surface area contributed by atoms with Crippen LogP contribution in [0.15, 0.2) is 56.5 Å². The minimum absolute atomic E-state index is 0. The molecule has 0 saturated carbocycles. The first-order valence-electron chi connectivity index (χ1n) is 13.7. The Hall–Kier alpha value is -2.78. The lowest BCUT2D eigenvalue weighted by atomic mass is 9.83. The van der Waals surface area contributed by atoms with Crippen molar-refractivity contribution in [2.24, 2.45) is 5.92 Å². The Balaban J connectivity index is 0.00000185. The van der Waals surface area contributed by atoms with Crippen LogP contribution in [0.5, 0.6) is 5.75 Å². The van der Waals surface area contributed by atoms with Crippen LogP contribution in [-0.4, -0.2) is 58.7 Å². The second-order valence-electron chi connectivity index (χ2n) is 11.3. The van der Waals surface area contributed by atoms with Gasteiger partial charge in [-0.15, -0.1) is 24.8 Å². The normalized spacial score (nSPS) is 20.8. The SMILES string of the molecule is Cc1ccc(N2CCN(Cc3oc(CN4CC5CC(C4)c4cccc(=O)n4C5)cc(=O)c3O)CC2)c(C)c1.Cl.Cl. The molecule has 0 radical (unpaired) electrons. The summed E-state index contributed by atoms with van der Waals surface area (Å²) in [5.41, 5.74) is 4.62. The van der Waals surface area contributed by atoms with E-state index in [-0.39, 0.29) is 41.6 Å². The van der Waals surface area contributed by atoms with Crippen LogP contribution in [0.1, 0.15) is 40.7 Å². The molecule has 8 nitrogen and oxygen atoms in total. The molecular formula is C30H38Cl2N4O4. The predicted molar refractivity (Wildman–Crippen MR) is 161 cm³/mol. The van der Waals surface area contributed by atoms with Crippen LogP contribution in [0.4, 0.5) is 5.69 Å². The van der Waals surface area contributed by atoms with E-state index in [0.29, 0.717) is 36.4 Å². The number of benzene rings is 1. The van der Waals surface area contributed by atoms with Crippen LogP contribution in [0.25, 0.3) is 0 Å². The van der Waals surface area contributed by atoms with Gasteiger partial charge in [-0.1, -0.05) is 23.8 Å². The van der Waals surface area contributed by atoms with Gasteiger partial charge in [0.05, 0.1) is 13.1 Å². The van der Waals surface area contributed by atoms with Gasteiger partial charge < -0.3 is 19.0 Å². The highest BCUT2D eigenvalue weighted by Gasteiger charge is 2.34. The monoisotopic (exact) mass is 588 g/mol. The molecule has 2 aromatic heterocycles. The van der Waals surface area contributed by atoms with Crippen molar-refractivity contribution in [1.29, 1.82) is 0 Å². The average molecular weight is 590 g/mol. The number of hydrogen-bond acceptors (Lipinski definition) is 7. The summed E-state index contributed by atoms with van der Waals surface area (Å²) in [6, 6.07) is 13.5. The number of halogens is 2. The lowest BCUT2D eigenvalue weighted by Gasteiger charge is -2.42. The van der Waals surface area contributed by atoms with E-state index >= 15 is 0 Å². The summed E-state index contributed by atoms with van der Waals surface area (Å²) in [5, 5.41) is 10.5. The standard InChI is InChI=1S/C30H36N4O4.2ClH/c1-20-6-7-25(21(2)12-20)33-10-8-31(9-11-33)19-28-30(37)27(35)14-24(38-28)18-32-15-22-13-23(17-32)26-4-3-5-29(36)34(26)16-22;;/h3-7,12,14,22-23,37H,8-11,13,15-19H2,1-2H3;2*1H. The maximum Gasteiger partial charge on any atom is 0.250 e. The number of piperidine rings is 1. The summed E-state index contributed by atoms with van der Waals surface area (Å²) in [4.78, 5) is 31.9. The van der Waals surface area contributed by atoms with Crippen LogP contribution in [0.3, 0.4) is 0 Å². The number of piperazine rings is 1. The van der Waals surface area contributed by atoms with Gasteiger partial charge >= 0.3 is 0 Å². The van der Waals surface area contributed by atoms with E-state index in [2.05, 4.69) is 52.8 Å². The summed E-state index contributed by atoms with van der Waals surface area (Å²) in [5.74, 6) is 1.35. The van der Waals surface area contributed by atoms with Crippen LogP contribution >= 0.6 is 24.8 Å². The number of anilines is 1. The molecule has 0 spiro atoms. The molecule has 2 unspecified atom stereocenters. The molecular weight excluding hydrogens is 551 g/mol. The molecule has 2 bridgehead atoms. The molecule has 1 aromatic carbocycles. The molecule has 1 N–H and O–H groups in total. The number of aromatic nitrogens is 1. The number of hydrogen-bond donors (Lipinski definition) is 1. The number of rotatable bonds is 5. The second-order valence-corrected chi connectivity index (χ2v) is 11.3. The minimum atomic E-state index is -0.385. The van der Waals surface area contributed by atoms with Crippen LogP contribution in [0, 0.1) is 19.8 Å². The van der Waals surface area contributed by atoms with Crippen molar-refractivity contribution in [2.45, 2.75) is 45.8 Å². The Morgan fingerprint density at radius 1 is 0.900 bits per heavy atom. The van der Waals surface area contributed by atoms with Gasteiger partial charge in [-0.2, -0.15) is 0 Å². The highest BCUT2D eigenvalue weighted by Crippen LogP contribution is 2.35. The Morgan fingerprint density at radius 3 is 2.42 bits per heavy atom. The third-order valence-corrected chi connectivity index (χ3v) is 8.41. The van der Waals surface area contributed by atoms with Gasteiger partial charge in [0, 0.05) is 75.2 Å². The summed E-state index contributed by atoms with van der Waals surface area (Å²) in [6.45, 7) is 11.0. The van der Waals surface area contributed by atoms with E-state index in [9.17, 15) is 14.7 Å². The third kappa shape index (κ3) is 6.10. The largest absolute Gasteiger partial charge is 0.502 e. The third-order valence-electron chi connectivity index (χ3n) is 8.41.